The minimum atomic E-state index is 0.0940. The molecule has 8 heteroatoms. The Morgan fingerprint density at radius 2 is 1.71 bits per heavy atom. The van der Waals surface area contributed by atoms with Crippen LogP contribution >= 0.6 is 22.9 Å². The zero-order chi connectivity index (χ0) is 21.2. The Morgan fingerprint density at radius 1 is 0.935 bits per heavy atom. The standard InChI is InChI=1S/C23H22ClN5OS/c24-22-10-9-19(31-22)16-27-11-13-28(14-12-27)23(30)18-7-5-17(6-8-18)15-29-21-4-2-1-3-20(21)25-26-29/h1-10H,11-16H2. The van der Waals surface area contributed by atoms with Gasteiger partial charge in [0.1, 0.15) is 5.52 Å². The topological polar surface area (TPSA) is 54.3 Å². The van der Waals surface area contributed by atoms with E-state index in [0.29, 0.717) is 6.54 Å². The molecule has 1 aliphatic heterocycles. The summed E-state index contributed by atoms with van der Waals surface area (Å²) in [5.74, 6) is 0.0940. The highest BCUT2D eigenvalue weighted by Crippen LogP contribution is 2.23. The Hall–Kier alpha value is -2.74. The number of carbonyl (C=O) groups is 1. The molecule has 158 valence electrons. The average Bonchev–Trinajstić information content (AvgIpc) is 3.40. The van der Waals surface area contributed by atoms with Crippen LogP contribution in [0.4, 0.5) is 0 Å². The second-order valence-electron chi connectivity index (χ2n) is 7.71. The molecule has 2 aromatic carbocycles. The van der Waals surface area contributed by atoms with E-state index in [-0.39, 0.29) is 5.91 Å². The van der Waals surface area contributed by atoms with Crippen molar-refractivity contribution < 1.29 is 4.79 Å². The largest absolute Gasteiger partial charge is 0.336 e. The summed E-state index contributed by atoms with van der Waals surface area (Å²) >= 11 is 7.65. The Balaban J connectivity index is 1.18. The van der Waals surface area contributed by atoms with E-state index in [9.17, 15) is 4.79 Å². The van der Waals surface area contributed by atoms with E-state index in [0.717, 1.165) is 59.2 Å². The van der Waals surface area contributed by atoms with E-state index >= 15 is 0 Å². The van der Waals surface area contributed by atoms with Gasteiger partial charge in [-0.25, -0.2) is 4.68 Å². The van der Waals surface area contributed by atoms with E-state index in [2.05, 4.69) is 21.3 Å². The molecule has 1 aliphatic rings. The van der Waals surface area contributed by atoms with Crippen LogP contribution in [0.3, 0.4) is 0 Å². The van der Waals surface area contributed by atoms with Crippen molar-refractivity contribution in [1.29, 1.82) is 0 Å². The molecule has 6 nitrogen and oxygen atoms in total. The Kier molecular flexibility index (Phi) is 5.72. The van der Waals surface area contributed by atoms with Crippen molar-refractivity contribution in [2.75, 3.05) is 26.2 Å². The maximum Gasteiger partial charge on any atom is 0.253 e. The average molecular weight is 452 g/mol. The first-order valence-electron chi connectivity index (χ1n) is 10.3. The van der Waals surface area contributed by atoms with Crippen LogP contribution in [0.5, 0.6) is 0 Å². The minimum absolute atomic E-state index is 0.0940. The molecule has 2 aromatic heterocycles. The minimum Gasteiger partial charge on any atom is -0.336 e. The van der Waals surface area contributed by atoms with Gasteiger partial charge in [0.25, 0.3) is 5.91 Å². The summed E-state index contributed by atoms with van der Waals surface area (Å²) in [5.41, 5.74) is 3.71. The molecular weight excluding hydrogens is 430 g/mol. The molecule has 0 atom stereocenters. The zero-order valence-electron chi connectivity index (χ0n) is 16.9. The van der Waals surface area contributed by atoms with Crippen LogP contribution < -0.4 is 0 Å². The molecule has 0 saturated carbocycles. The fourth-order valence-electron chi connectivity index (χ4n) is 3.91. The number of amides is 1. The molecule has 1 saturated heterocycles. The SMILES string of the molecule is O=C(c1ccc(Cn2nnc3ccccc32)cc1)N1CCN(Cc2ccc(Cl)s2)CC1. The number of carbonyl (C=O) groups excluding carboxylic acids is 1. The lowest BCUT2D eigenvalue weighted by Gasteiger charge is -2.34. The fraction of sp³-hybridized carbons (Fsp3) is 0.261. The van der Waals surface area contributed by atoms with E-state index in [1.54, 1.807) is 11.3 Å². The molecule has 3 heterocycles. The smallest absolute Gasteiger partial charge is 0.253 e. The number of piperazine rings is 1. The number of halogens is 1. The van der Waals surface area contributed by atoms with E-state index in [1.807, 2.05) is 64.2 Å². The molecule has 0 radical (unpaired) electrons. The number of hydrogen-bond acceptors (Lipinski definition) is 5. The molecule has 0 N–H and O–H groups in total. The Bertz CT molecular complexity index is 1190. The zero-order valence-corrected chi connectivity index (χ0v) is 18.5. The van der Waals surface area contributed by atoms with Crippen molar-refractivity contribution in [3.63, 3.8) is 0 Å². The van der Waals surface area contributed by atoms with Gasteiger partial charge < -0.3 is 4.90 Å². The van der Waals surface area contributed by atoms with Crippen LogP contribution in [0.25, 0.3) is 11.0 Å². The van der Waals surface area contributed by atoms with Crippen LogP contribution in [-0.4, -0.2) is 56.9 Å². The van der Waals surface area contributed by atoms with Crippen LogP contribution in [0, 0.1) is 0 Å². The Labute approximate surface area is 189 Å². The molecule has 0 spiro atoms. The van der Waals surface area contributed by atoms with Crippen molar-refractivity contribution in [3.05, 3.63) is 81.0 Å². The summed E-state index contributed by atoms with van der Waals surface area (Å²) in [4.78, 5) is 18.5. The molecular formula is C23H22ClN5OS. The van der Waals surface area contributed by atoms with Gasteiger partial charge in [-0.3, -0.25) is 9.69 Å². The van der Waals surface area contributed by atoms with Gasteiger partial charge in [0.05, 0.1) is 16.4 Å². The predicted molar refractivity (Wildman–Crippen MR) is 124 cm³/mol. The van der Waals surface area contributed by atoms with Gasteiger partial charge in [-0.15, -0.1) is 16.4 Å². The first-order chi connectivity index (χ1) is 15.2. The molecule has 0 unspecified atom stereocenters. The summed E-state index contributed by atoms with van der Waals surface area (Å²) in [6, 6.07) is 19.8. The quantitative estimate of drug-likeness (QED) is 0.457. The van der Waals surface area contributed by atoms with Crippen LogP contribution in [0.2, 0.25) is 4.34 Å². The number of thiophene rings is 1. The molecule has 4 aromatic rings. The number of para-hydroxylation sites is 1. The molecule has 0 aliphatic carbocycles. The number of fused-ring (bicyclic) bond motifs is 1. The normalized spacial score (nSPS) is 14.9. The molecule has 0 bridgehead atoms. The van der Waals surface area contributed by atoms with E-state index < -0.39 is 0 Å². The van der Waals surface area contributed by atoms with Crippen LogP contribution in [-0.2, 0) is 13.1 Å². The maximum atomic E-state index is 12.9. The fourth-order valence-corrected chi connectivity index (χ4v) is 5.04. The Morgan fingerprint density at radius 3 is 2.45 bits per heavy atom. The van der Waals surface area contributed by atoms with Crippen LogP contribution in [0.1, 0.15) is 20.8 Å². The first-order valence-corrected chi connectivity index (χ1v) is 11.5. The van der Waals surface area contributed by atoms with Crippen molar-refractivity contribution in [2.24, 2.45) is 0 Å². The van der Waals surface area contributed by atoms with Crippen molar-refractivity contribution >= 4 is 39.9 Å². The van der Waals surface area contributed by atoms with Crippen LogP contribution in [0.15, 0.2) is 60.7 Å². The summed E-state index contributed by atoms with van der Waals surface area (Å²) in [6.45, 7) is 4.75. The number of benzene rings is 2. The van der Waals surface area contributed by atoms with E-state index in [4.69, 9.17) is 11.6 Å². The molecule has 1 amide bonds. The lowest BCUT2D eigenvalue weighted by molar-refractivity contribution is 0.0629. The predicted octanol–water partition coefficient (Wildman–Crippen LogP) is 4.15. The van der Waals surface area contributed by atoms with Crippen molar-refractivity contribution in [1.82, 2.24) is 24.8 Å². The second-order valence-corrected chi connectivity index (χ2v) is 9.51. The first kappa shape index (κ1) is 20.2. The number of rotatable bonds is 5. The summed E-state index contributed by atoms with van der Waals surface area (Å²) in [7, 11) is 0. The highest BCUT2D eigenvalue weighted by atomic mass is 35.5. The number of nitrogens with zero attached hydrogens (tertiary/aromatic N) is 5. The van der Waals surface area contributed by atoms with Crippen molar-refractivity contribution in [3.8, 4) is 0 Å². The number of aromatic nitrogens is 3. The van der Waals surface area contributed by atoms with Gasteiger partial charge in [-0.1, -0.05) is 41.1 Å². The lowest BCUT2D eigenvalue weighted by Crippen LogP contribution is -2.48. The third-order valence-corrected chi connectivity index (χ3v) is 6.84. The third kappa shape index (κ3) is 4.49. The summed E-state index contributed by atoms with van der Waals surface area (Å²) < 4.78 is 2.70. The highest BCUT2D eigenvalue weighted by molar-refractivity contribution is 7.16. The molecule has 5 rings (SSSR count). The van der Waals surface area contributed by atoms with Gasteiger partial charge in [-0.05, 0) is 42.0 Å². The number of hydrogen-bond donors (Lipinski definition) is 0. The molecule has 1 fully saturated rings. The van der Waals surface area contributed by atoms with Crippen molar-refractivity contribution in [2.45, 2.75) is 13.1 Å². The van der Waals surface area contributed by atoms with Gasteiger partial charge in [-0.2, -0.15) is 0 Å². The highest BCUT2D eigenvalue weighted by Gasteiger charge is 2.22. The van der Waals surface area contributed by atoms with Gasteiger partial charge >= 0.3 is 0 Å². The summed E-state index contributed by atoms with van der Waals surface area (Å²) in [5, 5.41) is 8.44. The van der Waals surface area contributed by atoms with Gasteiger partial charge in [0.15, 0.2) is 0 Å². The maximum absolute atomic E-state index is 12.9. The summed E-state index contributed by atoms with van der Waals surface area (Å²) in [6.07, 6.45) is 0. The van der Waals surface area contributed by atoms with E-state index in [1.165, 1.54) is 4.88 Å². The van der Waals surface area contributed by atoms with Gasteiger partial charge in [0, 0.05) is 43.2 Å². The van der Waals surface area contributed by atoms with Gasteiger partial charge in [0.2, 0.25) is 0 Å². The second kappa shape index (κ2) is 8.78. The third-order valence-electron chi connectivity index (χ3n) is 5.62. The monoisotopic (exact) mass is 451 g/mol. The molecule has 31 heavy (non-hydrogen) atoms. The lowest BCUT2D eigenvalue weighted by atomic mass is 10.1.